The van der Waals surface area contributed by atoms with Crippen molar-refractivity contribution in [3.8, 4) is 22.6 Å². The summed E-state index contributed by atoms with van der Waals surface area (Å²) in [5.74, 6) is 0.915. The first kappa shape index (κ1) is 18.7. The Kier molecular flexibility index (Phi) is 4.89. The van der Waals surface area contributed by atoms with Crippen molar-refractivity contribution in [2.45, 2.75) is 13.3 Å². The molecule has 3 aromatic heterocycles. The molecule has 0 bridgehead atoms. The van der Waals surface area contributed by atoms with Crippen molar-refractivity contribution in [2.24, 2.45) is 0 Å². The Hall–Kier alpha value is -3.31. The standard InChI is InChI=1S/C25H19BrN4/c1-16-5-2-6-17(13-16)14-23-29-24(25(30-23)21-8-3-9-22(26)28-21)19-10-11-20-18(15-19)7-4-12-27-20/h2-13,15H,14H2,1H3,(H,29,30). The maximum absolute atomic E-state index is 4.99. The van der Waals surface area contributed by atoms with Crippen LogP contribution in [0.2, 0.25) is 0 Å². The van der Waals surface area contributed by atoms with Crippen LogP contribution in [0.5, 0.6) is 0 Å². The second kappa shape index (κ2) is 7.84. The monoisotopic (exact) mass is 454 g/mol. The molecule has 0 aliphatic heterocycles. The molecule has 0 fully saturated rings. The van der Waals surface area contributed by atoms with Crippen LogP contribution in [0.1, 0.15) is 17.0 Å². The molecular formula is C25H19BrN4. The lowest BCUT2D eigenvalue weighted by Crippen LogP contribution is -1.91. The first-order chi connectivity index (χ1) is 14.7. The minimum absolute atomic E-state index is 0.734. The van der Waals surface area contributed by atoms with Gasteiger partial charge in [-0.2, -0.15) is 0 Å². The molecule has 5 aromatic rings. The molecule has 0 atom stereocenters. The zero-order chi connectivity index (χ0) is 20.5. The van der Waals surface area contributed by atoms with Crippen LogP contribution in [0.4, 0.5) is 0 Å². The van der Waals surface area contributed by atoms with Crippen molar-refractivity contribution in [1.82, 2.24) is 19.9 Å². The smallest absolute Gasteiger partial charge is 0.111 e. The summed E-state index contributed by atoms with van der Waals surface area (Å²) in [7, 11) is 0. The summed E-state index contributed by atoms with van der Waals surface area (Å²) in [5, 5.41) is 1.09. The number of H-pyrrole nitrogens is 1. The van der Waals surface area contributed by atoms with E-state index in [4.69, 9.17) is 4.98 Å². The van der Waals surface area contributed by atoms with Crippen molar-refractivity contribution < 1.29 is 0 Å². The Morgan fingerprint density at radius 2 is 1.80 bits per heavy atom. The minimum atomic E-state index is 0.734. The molecule has 0 saturated heterocycles. The Bertz CT molecular complexity index is 1360. The molecule has 1 N–H and O–H groups in total. The quantitative estimate of drug-likeness (QED) is 0.322. The lowest BCUT2D eigenvalue weighted by molar-refractivity contribution is 1.02. The highest BCUT2D eigenvalue weighted by Gasteiger charge is 2.16. The number of rotatable bonds is 4. The molecule has 0 aliphatic carbocycles. The van der Waals surface area contributed by atoms with E-state index in [1.807, 2.05) is 36.5 Å². The molecule has 0 spiro atoms. The van der Waals surface area contributed by atoms with Crippen molar-refractivity contribution in [2.75, 3.05) is 0 Å². The van der Waals surface area contributed by atoms with E-state index in [1.54, 1.807) is 0 Å². The van der Waals surface area contributed by atoms with Gasteiger partial charge in [-0.25, -0.2) is 9.97 Å². The lowest BCUT2D eigenvalue weighted by Gasteiger charge is -2.04. The van der Waals surface area contributed by atoms with Gasteiger partial charge >= 0.3 is 0 Å². The number of hydrogen-bond acceptors (Lipinski definition) is 3. The van der Waals surface area contributed by atoms with Crippen LogP contribution in [0.25, 0.3) is 33.5 Å². The van der Waals surface area contributed by atoms with Gasteiger partial charge in [0.15, 0.2) is 0 Å². The van der Waals surface area contributed by atoms with Crippen LogP contribution in [0.15, 0.2) is 83.6 Å². The van der Waals surface area contributed by atoms with Gasteiger partial charge in [0.25, 0.3) is 0 Å². The molecule has 2 aromatic carbocycles. The third-order valence-corrected chi connectivity index (χ3v) is 5.50. The fourth-order valence-corrected chi connectivity index (χ4v) is 4.03. The zero-order valence-electron chi connectivity index (χ0n) is 16.4. The SMILES string of the molecule is Cc1cccc(Cc2nc(-c3ccc4ncccc4c3)c(-c3cccc(Br)n3)[nH]2)c1. The highest BCUT2D eigenvalue weighted by molar-refractivity contribution is 9.10. The minimum Gasteiger partial charge on any atom is -0.340 e. The van der Waals surface area contributed by atoms with Gasteiger partial charge in [-0.15, -0.1) is 0 Å². The largest absolute Gasteiger partial charge is 0.340 e. The number of aromatic amines is 1. The van der Waals surface area contributed by atoms with Crippen molar-refractivity contribution in [3.63, 3.8) is 0 Å². The Morgan fingerprint density at radius 3 is 2.67 bits per heavy atom. The van der Waals surface area contributed by atoms with Crippen LogP contribution in [-0.4, -0.2) is 19.9 Å². The highest BCUT2D eigenvalue weighted by Crippen LogP contribution is 2.32. The number of nitrogens with one attached hydrogen (secondary N) is 1. The molecule has 3 heterocycles. The summed E-state index contributed by atoms with van der Waals surface area (Å²) in [6.07, 6.45) is 2.55. The topological polar surface area (TPSA) is 54.5 Å². The molecule has 5 heteroatoms. The molecule has 0 radical (unpaired) electrons. The van der Waals surface area contributed by atoms with E-state index in [1.165, 1.54) is 11.1 Å². The molecule has 30 heavy (non-hydrogen) atoms. The van der Waals surface area contributed by atoms with Crippen LogP contribution < -0.4 is 0 Å². The first-order valence-electron chi connectivity index (χ1n) is 9.78. The summed E-state index contributed by atoms with van der Waals surface area (Å²) in [5.41, 5.74) is 7.16. The van der Waals surface area contributed by atoms with Gasteiger partial charge in [-0.05, 0) is 58.7 Å². The maximum Gasteiger partial charge on any atom is 0.111 e. The number of pyridine rings is 2. The molecule has 5 rings (SSSR count). The van der Waals surface area contributed by atoms with Crippen LogP contribution in [0.3, 0.4) is 0 Å². The van der Waals surface area contributed by atoms with Gasteiger partial charge < -0.3 is 4.98 Å². The molecule has 0 aliphatic rings. The lowest BCUT2D eigenvalue weighted by atomic mass is 10.1. The van der Waals surface area contributed by atoms with E-state index in [9.17, 15) is 0 Å². The van der Waals surface area contributed by atoms with Crippen molar-refractivity contribution >= 4 is 26.8 Å². The van der Waals surface area contributed by atoms with Crippen LogP contribution in [0, 0.1) is 6.92 Å². The van der Waals surface area contributed by atoms with Gasteiger partial charge in [-0.3, -0.25) is 4.98 Å². The fourth-order valence-electron chi connectivity index (χ4n) is 3.69. The van der Waals surface area contributed by atoms with Crippen molar-refractivity contribution in [3.05, 3.63) is 101 Å². The second-order valence-corrected chi connectivity index (χ2v) is 8.14. The molecule has 4 nitrogen and oxygen atoms in total. The molecule has 0 amide bonds. The molecule has 146 valence electrons. The number of imidazole rings is 1. The highest BCUT2D eigenvalue weighted by atomic mass is 79.9. The average molecular weight is 455 g/mol. The number of aromatic nitrogens is 4. The average Bonchev–Trinajstić information content (AvgIpc) is 3.17. The van der Waals surface area contributed by atoms with Gasteiger partial charge in [0.1, 0.15) is 10.4 Å². The Morgan fingerprint density at radius 1 is 0.900 bits per heavy atom. The third kappa shape index (κ3) is 3.76. The molecule has 0 saturated carbocycles. The number of nitrogens with zero attached hydrogens (tertiary/aromatic N) is 3. The number of benzene rings is 2. The summed E-state index contributed by atoms with van der Waals surface area (Å²) in [4.78, 5) is 17.6. The van der Waals surface area contributed by atoms with Crippen LogP contribution in [-0.2, 0) is 6.42 Å². The number of fused-ring (bicyclic) bond motifs is 1. The maximum atomic E-state index is 4.99. The second-order valence-electron chi connectivity index (χ2n) is 7.33. The predicted octanol–water partition coefficient (Wildman–Crippen LogP) is 6.35. The normalized spacial score (nSPS) is 11.1. The van der Waals surface area contributed by atoms with E-state index in [0.717, 1.165) is 50.4 Å². The zero-order valence-corrected chi connectivity index (χ0v) is 18.0. The first-order valence-corrected chi connectivity index (χ1v) is 10.6. The van der Waals surface area contributed by atoms with Crippen molar-refractivity contribution in [1.29, 1.82) is 0 Å². The van der Waals surface area contributed by atoms with E-state index in [0.29, 0.717) is 0 Å². The van der Waals surface area contributed by atoms with Gasteiger partial charge in [0, 0.05) is 23.6 Å². The van der Waals surface area contributed by atoms with E-state index < -0.39 is 0 Å². The summed E-state index contributed by atoms with van der Waals surface area (Å²) in [6.45, 7) is 2.11. The Labute approximate surface area is 183 Å². The van der Waals surface area contributed by atoms with E-state index in [-0.39, 0.29) is 0 Å². The Balaban J connectivity index is 1.64. The molecule has 0 unspecified atom stereocenters. The summed E-state index contributed by atoms with van der Waals surface area (Å²) < 4.78 is 0.795. The van der Waals surface area contributed by atoms with E-state index >= 15 is 0 Å². The number of aryl methyl sites for hydroxylation is 1. The summed E-state index contributed by atoms with van der Waals surface area (Å²) in [6, 6.07) is 24.7. The number of hydrogen-bond donors (Lipinski definition) is 1. The fraction of sp³-hybridized carbons (Fsp3) is 0.0800. The number of halogens is 1. The molecular weight excluding hydrogens is 436 g/mol. The van der Waals surface area contributed by atoms with Gasteiger partial charge in [0.2, 0.25) is 0 Å². The third-order valence-electron chi connectivity index (χ3n) is 5.05. The predicted molar refractivity (Wildman–Crippen MR) is 124 cm³/mol. The van der Waals surface area contributed by atoms with Gasteiger partial charge in [-0.1, -0.05) is 48.0 Å². The van der Waals surface area contributed by atoms with E-state index in [2.05, 4.69) is 80.3 Å². The summed E-state index contributed by atoms with van der Waals surface area (Å²) >= 11 is 3.49. The van der Waals surface area contributed by atoms with Gasteiger partial charge in [0.05, 0.1) is 22.6 Å². The van der Waals surface area contributed by atoms with Crippen LogP contribution >= 0.6 is 15.9 Å².